The van der Waals surface area contributed by atoms with Gasteiger partial charge in [-0.3, -0.25) is 0 Å². The summed E-state index contributed by atoms with van der Waals surface area (Å²) in [7, 11) is 0. The first kappa shape index (κ1) is 32.0. The van der Waals surface area contributed by atoms with E-state index in [4.69, 9.17) is 19.7 Å². The van der Waals surface area contributed by atoms with Crippen molar-refractivity contribution in [2.45, 2.75) is 5.41 Å². The van der Waals surface area contributed by atoms with Gasteiger partial charge in [-0.05, 0) is 68.8 Å². The van der Waals surface area contributed by atoms with Crippen molar-refractivity contribution in [3.05, 3.63) is 222 Å². The first-order valence-electron chi connectivity index (χ1n) is 18.9. The topological polar surface area (TPSA) is 47.9 Å². The average molecular weight is 716 g/mol. The molecule has 8 aromatic carbocycles. The highest BCUT2D eigenvalue weighted by atomic mass is 16.5. The average Bonchev–Trinajstić information content (AvgIpc) is 3.57. The highest BCUT2D eigenvalue weighted by molar-refractivity contribution is 5.91. The van der Waals surface area contributed by atoms with Gasteiger partial charge in [-0.25, -0.2) is 15.0 Å². The SMILES string of the molecule is c1ccc(-c2nc(-c3ccccc3)nc(-c3cccc(-c4ccc(-c5ccc6c(c5)-c5ccccc5C65c6ccccc6Oc6ccccc65)cc4)c3)n2)cc1. The molecular formula is C52H33N3O. The minimum Gasteiger partial charge on any atom is -0.457 e. The van der Waals surface area contributed by atoms with E-state index >= 15 is 0 Å². The van der Waals surface area contributed by atoms with Gasteiger partial charge in [-0.1, -0.05) is 176 Å². The minimum absolute atomic E-state index is 0.465. The Hall–Kier alpha value is -7.43. The van der Waals surface area contributed by atoms with Gasteiger partial charge in [0.05, 0.1) is 5.41 Å². The number of para-hydroxylation sites is 2. The number of hydrogen-bond donors (Lipinski definition) is 0. The van der Waals surface area contributed by atoms with Crippen LogP contribution in [0.1, 0.15) is 22.3 Å². The Morgan fingerprint density at radius 2 is 0.714 bits per heavy atom. The summed E-state index contributed by atoms with van der Waals surface area (Å²) >= 11 is 0. The van der Waals surface area contributed by atoms with E-state index in [9.17, 15) is 0 Å². The molecule has 0 saturated carbocycles. The van der Waals surface area contributed by atoms with Gasteiger partial charge in [0.2, 0.25) is 0 Å². The molecule has 9 aromatic rings. The van der Waals surface area contributed by atoms with Gasteiger partial charge >= 0.3 is 0 Å². The molecule has 262 valence electrons. The summed E-state index contributed by atoms with van der Waals surface area (Å²) in [5, 5.41) is 0. The van der Waals surface area contributed by atoms with Crippen LogP contribution in [0.5, 0.6) is 11.5 Å². The van der Waals surface area contributed by atoms with Gasteiger partial charge in [-0.2, -0.15) is 0 Å². The molecule has 1 aliphatic carbocycles. The molecule has 1 aromatic heterocycles. The fourth-order valence-electron chi connectivity index (χ4n) is 8.67. The van der Waals surface area contributed by atoms with E-state index in [-0.39, 0.29) is 0 Å². The molecule has 4 heteroatoms. The van der Waals surface area contributed by atoms with E-state index in [1.165, 1.54) is 38.9 Å². The normalized spacial score (nSPS) is 12.9. The number of hydrogen-bond acceptors (Lipinski definition) is 4. The largest absolute Gasteiger partial charge is 0.457 e. The van der Waals surface area contributed by atoms with E-state index in [0.29, 0.717) is 17.5 Å². The second-order valence-corrected chi connectivity index (χ2v) is 14.3. The summed E-state index contributed by atoms with van der Waals surface area (Å²) < 4.78 is 6.50. The van der Waals surface area contributed by atoms with Gasteiger partial charge < -0.3 is 4.74 Å². The summed E-state index contributed by atoms with van der Waals surface area (Å²) in [4.78, 5) is 14.8. The van der Waals surface area contributed by atoms with Gasteiger partial charge in [0.25, 0.3) is 0 Å². The molecule has 1 spiro atoms. The third-order valence-corrected chi connectivity index (χ3v) is 11.2. The summed E-state index contributed by atoms with van der Waals surface area (Å²) in [6.07, 6.45) is 0. The molecule has 4 nitrogen and oxygen atoms in total. The molecule has 1 aliphatic heterocycles. The smallest absolute Gasteiger partial charge is 0.164 e. The van der Waals surface area contributed by atoms with Gasteiger partial charge in [0, 0.05) is 27.8 Å². The fourth-order valence-corrected chi connectivity index (χ4v) is 8.67. The monoisotopic (exact) mass is 715 g/mol. The lowest BCUT2D eigenvalue weighted by atomic mass is 9.66. The second-order valence-electron chi connectivity index (χ2n) is 14.3. The Morgan fingerprint density at radius 1 is 0.286 bits per heavy atom. The van der Waals surface area contributed by atoms with Crippen molar-refractivity contribution in [3.8, 4) is 79.0 Å². The maximum absolute atomic E-state index is 6.50. The molecule has 0 bridgehead atoms. The van der Waals surface area contributed by atoms with Crippen molar-refractivity contribution >= 4 is 0 Å². The molecular weight excluding hydrogens is 683 g/mol. The zero-order valence-corrected chi connectivity index (χ0v) is 30.3. The van der Waals surface area contributed by atoms with Crippen LogP contribution in [0, 0.1) is 0 Å². The summed E-state index contributed by atoms with van der Waals surface area (Å²) in [6, 6.07) is 70.3. The van der Waals surface area contributed by atoms with Crippen molar-refractivity contribution in [1.82, 2.24) is 15.0 Å². The molecule has 0 fully saturated rings. The van der Waals surface area contributed by atoms with Crippen molar-refractivity contribution in [2.75, 3.05) is 0 Å². The van der Waals surface area contributed by atoms with Crippen LogP contribution in [0.15, 0.2) is 200 Å². The maximum atomic E-state index is 6.50. The molecule has 0 atom stereocenters. The first-order valence-corrected chi connectivity index (χ1v) is 18.9. The van der Waals surface area contributed by atoms with Crippen LogP contribution >= 0.6 is 0 Å². The predicted molar refractivity (Wildman–Crippen MR) is 224 cm³/mol. The lowest BCUT2D eigenvalue weighted by Gasteiger charge is -2.39. The van der Waals surface area contributed by atoms with Crippen molar-refractivity contribution < 1.29 is 4.74 Å². The molecule has 0 amide bonds. The third-order valence-electron chi connectivity index (χ3n) is 11.2. The molecule has 2 heterocycles. The van der Waals surface area contributed by atoms with Crippen LogP contribution in [-0.4, -0.2) is 15.0 Å². The van der Waals surface area contributed by atoms with Crippen LogP contribution in [0.2, 0.25) is 0 Å². The predicted octanol–water partition coefficient (Wildman–Crippen LogP) is 12.7. The number of fused-ring (bicyclic) bond motifs is 9. The summed E-state index contributed by atoms with van der Waals surface area (Å²) in [5.41, 5.74) is 14.4. The standard InChI is InChI=1S/C52H33N3O/c1-3-14-36(15-4-1)49-53-50(37-16-5-2-6-17-37)55-51(54-49)40-19-13-18-38(32-40)34-26-28-35(29-27-34)39-30-31-44-42(33-39)41-20-7-8-21-43(41)52(44)45-22-9-11-24-47(45)56-48-25-12-10-23-46(48)52/h1-33H. The Labute approximate surface area is 325 Å². The van der Waals surface area contributed by atoms with Crippen LogP contribution in [-0.2, 0) is 5.41 Å². The molecule has 0 unspecified atom stereocenters. The summed E-state index contributed by atoms with van der Waals surface area (Å²) in [6.45, 7) is 0. The summed E-state index contributed by atoms with van der Waals surface area (Å²) in [5.74, 6) is 3.75. The van der Waals surface area contributed by atoms with Gasteiger partial charge in [0.1, 0.15) is 11.5 Å². The Balaban J connectivity index is 0.970. The van der Waals surface area contributed by atoms with Crippen LogP contribution < -0.4 is 4.74 Å². The zero-order valence-electron chi connectivity index (χ0n) is 30.3. The molecule has 56 heavy (non-hydrogen) atoms. The number of nitrogens with zero attached hydrogens (tertiary/aromatic N) is 3. The lowest BCUT2D eigenvalue weighted by Crippen LogP contribution is -2.32. The van der Waals surface area contributed by atoms with E-state index in [0.717, 1.165) is 44.9 Å². The Bertz CT molecular complexity index is 2840. The van der Waals surface area contributed by atoms with Crippen molar-refractivity contribution in [1.29, 1.82) is 0 Å². The molecule has 0 N–H and O–H groups in total. The first-order chi connectivity index (χ1) is 27.7. The highest BCUT2D eigenvalue weighted by Gasteiger charge is 2.50. The number of benzene rings is 8. The minimum atomic E-state index is -0.465. The van der Waals surface area contributed by atoms with Gasteiger partial charge in [-0.15, -0.1) is 0 Å². The van der Waals surface area contributed by atoms with Crippen molar-refractivity contribution in [2.24, 2.45) is 0 Å². The molecule has 0 saturated heterocycles. The van der Waals surface area contributed by atoms with Crippen molar-refractivity contribution in [3.63, 3.8) is 0 Å². The zero-order chi connectivity index (χ0) is 37.1. The lowest BCUT2D eigenvalue weighted by molar-refractivity contribution is 0.436. The number of ether oxygens (including phenoxy) is 1. The van der Waals surface area contributed by atoms with Crippen LogP contribution in [0.3, 0.4) is 0 Å². The van der Waals surface area contributed by atoms with E-state index < -0.39 is 5.41 Å². The second kappa shape index (κ2) is 12.9. The maximum Gasteiger partial charge on any atom is 0.164 e. The fraction of sp³-hybridized carbons (Fsp3) is 0.0192. The van der Waals surface area contributed by atoms with Crippen LogP contribution in [0.4, 0.5) is 0 Å². The molecule has 11 rings (SSSR count). The van der Waals surface area contributed by atoms with Gasteiger partial charge in [0.15, 0.2) is 17.5 Å². The Kier molecular flexibility index (Phi) is 7.36. The van der Waals surface area contributed by atoms with E-state index in [1.54, 1.807) is 0 Å². The van der Waals surface area contributed by atoms with E-state index in [2.05, 4.69) is 140 Å². The number of rotatable bonds is 5. The third kappa shape index (κ3) is 5.04. The Morgan fingerprint density at radius 3 is 1.32 bits per heavy atom. The van der Waals surface area contributed by atoms with Crippen LogP contribution in [0.25, 0.3) is 67.5 Å². The number of aromatic nitrogens is 3. The highest BCUT2D eigenvalue weighted by Crippen LogP contribution is 2.62. The quantitative estimate of drug-likeness (QED) is 0.178. The molecule has 2 aliphatic rings. The molecule has 0 radical (unpaired) electrons. The van der Waals surface area contributed by atoms with E-state index in [1.807, 2.05) is 60.7 Å².